The minimum Gasteiger partial charge on any atom is -0.342 e. The summed E-state index contributed by atoms with van der Waals surface area (Å²) >= 11 is 0. The summed E-state index contributed by atoms with van der Waals surface area (Å²) in [4.78, 5) is 21.5. The Balaban J connectivity index is 1.56. The summed E-state index contributed by atoms with van der Waals surface area (Å²) in [5.74, 6) is 1.40. The third-order valence-corrected chi connectivity index (χ3v) is 4.70. The topological polar surface area (TPSA) is 59.8 Å². The summed E-state index contributed by atoms with van der Waals surface area (Å²) in [5.41, 5.74) is 3.05. The summed E-state index contributed by atoms with van der Waals surface area (Å²) < 4.78 is 1.99. The molecule has 0 aromatic carbocycles. The molecule has 2 aromatic heterocycles. The minimum absolute atomic E-state index is 0.000699. The SMILES string of the molecule is Cn1ccnc1[C@@H](NC(=O)c1cnc2c(c1)CCC2)C1CC1. The van der Waals surface area contributed by atoms with E-state index < -0.39 is 0 Å². The molecular formula is C17H20N4O. The fourth-order valence-corrected chi connectivity index (χ4v) is 3.27. The summed E-state index contributed by atoms with van der Waals surface area (Å²) in [5, 5.41) is 3.17. The molecule has 114 valence electrons. The van der Waals surface area contributed by atoms with E-state index >= 15 is 0 Å². The van der Waals surface area contributed by atoms with Crippen LogP contribution in [-0.2, 0) is 19.9 Å². The van der Waals surface area contributed by atoms with Gasteiger partial charge in [-0.15, -0.1) is 0 Å². The monoisotopic (exact) mass is 296 g/mol. The second-order valence-corrected chi connectivity index (χ2v) is 6.37. The van der Waals surface area contributed by atoms with Crippen LogP contribution in [0.3, 0.4) is 0 Å². The highest BCUT2D eigenvalue weighted by Crippen LogP contribution is 2.40. The van der Waals surface area contributed by atoms with Crippen molar-refractivity contribution < 1.29 is 4.79 Å². The minimum atomic E-state index is -0.0397. The number of carbonyl (C=O) groups excluding carboxylic acids is 1. The molecule has 1 N–H and O–H groups in total. The first-order chi connectivity index (χ1) is 10.7. The normalized spacial score (nSPS) is 18.0. The van der Waals surface area contributed by atoms with Gasteiger partial charge in [-0.05, 0) is 49.7 Å². The number of nitrogens with one attached hydrogen (secondary N) is 1. The number of aryl methyl sites for hydroxylation is 3. The second-order valence-electron chi connectivity index (χ2n) is 6.37. The maximum atomic E-state index is 12.6. The van der Waals surface area contributed by atoms with Gasteiger partial charge in [0.2, 0.25) is 0 Å². The van der Waals surface area contributed by atoms with E-state index in [2.05, 4.69) is 15.3 Å². The maximum Gasteiger partial charge on any atom is 0.253 e. The Morgan fingerprint density at radius 2 is 2.23 bits per heavy atom. The van der Waals surface area contributed by atoms with E-state index in [9.17, 15) is 4.79 Å². The highest BCUT2D eigenvalue weighted by Gasteiger charge is 2.36. The highest BCUT2D eigenvalue weighted by molar-refractivity contribution is 5.94. The molecule has 0 bridgehead atoms. The molecule has 2 heterocycles. The molecule has 22 heavy (non-hydrogen) atoms. The van der Waals surface area contributed by atoms with Gasteiger partial charge in [0.05, 0.1) is 11.6 Å². The Labute approximate surface area is 129 Å². The van der Waals surface area contributed by atoms with Gasteiger partial charge in [0, 0.05) is 31.3 Å². The van der Waals surface area contributed by atoms with Gasteiger partial charge in [0.25, 0.3) is 5.91 Å². The van der Waals surface area contributed by atoms with E-state index in [1.54, 1.807) is 12.4 Å². The molecule has 2 aliphatic carbocycles. The van der Waals surface area contributed by atoms with Crippen molar-refractivity contribution in [2.45, 2.75) is 38.1 Å². The molecule has 0 spiro atoms. The van der Waals surface area contributed by atoms with Gasteiger partial charge in [-0.25, -0.2) is 4.98 Å². The van der Waals surface area contributed by atoms with Crippen LogP contribution in [0.4, 0.5) is 0 Å². The number of imidazole rings is 1. The maximum absolute atomic E-state index is 12.6. The van der Waals surface area contributed by atoms with E-state index in [1.807, 2.05) is 23.9 Å². The third-order valence-electron chi connectivity index (χ3n) is 4.70. The van der Waals surface area contributed by atoms with Crippen molar-refractivity contribution in [3.63, 3.8) is 0 Å². The number of aromatic nitrogens is 3. The van der Waals surface area contributed by atoms with E-state index in [0.717, 1.165) is 43.6 Å². The van der Waals surface area contributed by atoms with Crippen molar-refractivity contribution in [1.82, 2.24) is 19.9 Å². The molecule has 0 unspecified atom stereocenters. The van der Waals surface area contributed by atoms with E-state index in [1.165, 1.54) is 5.56 Å². The van der Waals surface area contributed by atoms with Crippen LogP contribution in [-0.4, -0.2) is 20.4 Å². The summed E-state index contributed by atoms with van der Waals surface area (Å²) in [6.45, 7) is 0. The molecule has 0 radical (unpaired) electrons. The number of hydrogen-bond donors (Lipinski definition) is 1. The van der Waals surface area contributed by atoms with Crippen molar-refractivity contribution in [3.8, 4) is 0 Å². The van der Waals surface area contributed by atoms with Crippen molar-refractivity contribution in [2.75, 3.05) is 0 Å². The van der Waals surface area contributed by atoms with E-state index in [4.69, 9.17) is 0 Å². The molecule has 1 atom stereocenters. The molecule has 2 aromatic rings. The van der Waals surface area contributed by atoms with Crippen LogP contribution in [0, 0.1) is 5.92 Å². The highest BCUT2D eigenvalue weighted by atomic mass is 16.1. The Hall–Kier alpha value is -2.17. The molecule has 0 saturated heterocycles. The molecule has 1 amide bonds. The molecule has 2 aliphatic rings. The zero-order valence-corrected chi connectivity index (χ0v) is 12.7. The zero-order chi connectivity index (χ0) is 15.1. The fourth-order valence-electron chi connectivity index (χ4n) is 3.27. The summed E-state index contributed by atoms with van der Waals surface area (Å²) in [7, 11) is 1.97. The first kappa shape index (κ1) is 13.5. The molecule has 1 saturated carbocycles. The third kappa shape index (κ3) is 2.40. The van der Waals surface area contributed by atoms with E-state index in [0.29, 0.717) is 11.5 Å². The lowest BCUT2D eigenvalue weighted by molar-refractivity contribution is 0.0928. The zero-order valence-electron chi connectivity index (χ0n) is 12.7. The quantitative estimate of drug-likeness (QED) is 0.941. The molecule has 4 rings (SSSR count). The van der Waals surface area contributed by atoms with Crippen LogP contribution in [0.5, 0.6) is 0 Å². The van der Waals surface area contributed by atoms with Gasteiger partial charge in [0.1, 0.15) is 5.82 Å². The van der Waals surface area contributed by atoms with Gasteiger partial charge in [-0.3, -0.25) is 9.78 Å². The average molecular weight is 296 g/mol. The lowest BCUT2D eigenvalue weighted by atomic mass is 10.1. The Kier molecular flexibility index (Phi) is 3.21. The van der Waals surface area contributed by atoms with Gasteiger partial charge in [-0.1, -0.05) is 0 Å². The Morgan fingerprint density at radius 3 is 2.95 bits per heavy atom. The molecule has 5 heteroatoms. The lowest BCUT2D eigenvalue weighted by Gasteiger charge is -2.18. The van der Waals surface area contributed by atoms with Crippen molar-refractivity contribution in [3.05, 3.63) is 47.3 Å². The van der Waals surface area contributed by atoms with Crippen LogP contribution >= 0.6 is 0 Å². The number of amides is 1. The van der Waals surface area contributed by atoms with Gasteiger partial charge >= 0.3 is 0 Å². The predicted octanol–water partition coefficient (Wildman–Crippen LogP) is 2.18. The van der Waals surface area contributed by atoms with Crippen molar-refractivity contribution in [2.24, 2.45) is 13.0 Å². The van der Waals surface area contributed by atoms with Crippen molar-refractivity contribution >= 4 is 5.91 Å². The average Bonchev–Trinajstić information content (AvgIpc) is 3.10. The standard InChI is InChI=1S/C17H20N4O/c1-21-8-7-18-16(21)15(11-5-6-11)20-17(22)13-9-12-3-2-4-14(12)19-10-13/h7-11,15H,2-6H2,1H3,(H,20,22)/t15-/m0/s1. The Morgan fingerprint density at radius 1 is 1.36 bits per heavy atom. The van der Waals surface area contributed by atoms with Crippen LogP contribution in [0.15, 0.2) is 24.7 Å². The predicted molar refractivity (Wildman–Crippen MR) is 82.4 cm³/mol. The van der Waals surface area contributed by atoms with Gasteiger partial charge < -0.3 is 9.88 Å². The van der Waals surface area contributed by atoms with Crippen molar-refractivity contribution in [1.29, 1.82) is 0 Å². The largest absolute Gasteiger partial charge is 0.342 e. The number of nitrogens with zero attached hydrogens (tertiary/aromatic N) is 3. The number of pyridine rings is 1. The summed E-state index contributed by atoms with van der Waals surface area (Å²) in [6, 6.07) is 2.01. The van der Waals surface area contributed by atoms with E-state index in [-0.39, 0.29) is 11.9 Å². The number of hydrogen-bond acceptors (Lipinski definition) is 3. The second kappa shape index (κ2) is 5.23. The molecule has 1 fully saturated rings. The van der Waals surface area contributed by atoms with Crippen LogP contribution in [0.25, 0.3) is 0 Å². The number of rotatable bonds is 4. The lowest BCUT2D eigenvalue weighted by Crippen LogP contribution is -2.31. The smallest absolute Gasteiger partial charge is 0.253 e. The first-order valence-corrected chi connectivity index (χ1v) is 7.98. The molecule has 5 nitrogen and oxygen atoms in total. The van der Waals surface area contributed by atoms with Gasteiger partial charge in [-0.2, -0.15) is 0 Å². The summed E-state index contributed by atoms with van der Waals surface area (Å²) in [6.07, 6.45) is 10.9. The molecular weight excluding hydrogens is 276 g/mol. The van der Waals surface area contributed by atoms with Crippen LogP contribution < -0.4 is 5.32 Å². The number of fused-ring (bicyclic) bond motifs is 1. The van der Waals surface area contributed by atoms with Gasteiger partial charge in [0.15, 0.2) is 0 Å². The van der Waals surface area contributed by atoms with Crippen LogP contribution in [0.1, 0.15) is 52.7 Å². The molecule has 0 aliphatic heterocycles. The number of carbonyl (C=O) groups is 1. The Bertz CT molecular complexity index is 717. The fraction of sp³-hybridized carbons (Fsp3) is 0.471. The first-order valence-electron chi connectivity index (χ1n) is 7.98. The van der Waals surface area contributed by atoms with Crippen LogP contribution in [0.2, 0.25) is 0 Å².